The minimum atomic E-state index is -0.418. The Morgan fingerprint density at radius 3 is 2.30 bits per heavy atom. The molecule has 1 aromatic rings. The Bertz CT molecular complexity index is 555. The predicted molar refractivity (Wildman–Crippen MR) is 86.2 cm³/mol. The monoisotopic (exact) mass is 316 g/mol. The molecule has 0 aromatic heterocycles. The predicted octanol–water partition coefficient (Wildman–Crippen LogP) is 2.27. The van der Waals surface area contributed by atoms with Crippen LogP contribution >= 0.6 is 0 Å². The van der Waals surface area contributed by atoms with E-state index in [0.29, 0.717) is 26.3 Å². The first-order chi connectivity index (χ1) is 11.2. The molecule has 2 saturated heterocycles. The second-order valence-electron chi connectivity index (χ2n) is 6.90. The van der Waals surface area contributed by atoms with Gasteiger partial charge in [-0.2, -0.15) is 0 Å². The Hall–Kier alpha value is -1.59. The first kappa shape index (κ1) is 15.0. The second kappa shape index (κ2) is 5.80. The maximum atomic E-state index is 12.4. The summed E-state index contributed by atoms with van der Waals surface area (Å²) in [4.78, 5) is 14.3. The topological polar surface area (TPSA) is 50.8 Å². The maximum absolute atomic E-state index is 12.4. The number of piperidine rings is 1. The largest absolute Gasteiger partial charge is 0.347 e. The molecule has 23 heavy (non-hydrogen) atoms. The van der Waals surface area contributed by atoms with Gasteiger partial charge in [0.25, 0.3) is 0 Å². The summed E-state index contributed by atoms with van der Waals surface area (Å²) in [5.41, 5.74) is 1.50. The third kappa shape index (κ3) is 2.95. The molecule has 3 fully saturated rings. The van der Waals surface area contributed by atoms with E-state index in [1.165, 1.54) is 5.56 Å². The Morgan fingerprint density at radius 2 is 1.70 bits per heavy atom. The van der Waals surface area contributed by atoms with Gasteiger partial charge in [-0.3, -0.25) is 0 Å². The van der Waals surface area contributed by atoms with Crippen LogP contribution in [-0.4, -0.2) is 49.6 Å². The van der Waals surface area contributed by atoms with Gasteiger partial charge in [0.2, 0.25) is 0 Å². The fourth-order valence-electron chi connectivity index (χ4n) is 3.70. The quantitative estimate of drug-likeness (QED) is 0.931. The van der Waals surface area contributed by atoms with Gasteiger partial charge in [0, 0.05) is 37.9 Å². The van der Waals surface area contributed by atoms with Gasteiger partial charge in [0.05, 0.1) is 13.2 Å². The van der Waals surface area contributed by atoms with E-state index in [2.05, 4.69) is 29.6 Å². The number of nitrogens with one attached hydrogen (secondary N) is 1. The van der Waals surface area contributed by atoms with Crippen molar-refractivity contribution in [2.24, 2.45) is 0 Å². The lowest BCUT2D eigenvalue weighted by molar-refractivity contribution is -0.181. The summed E-state index contributed by atoms with van der Waals surface area (Å²) in [5.74, 6) is -0.418. The van der Waals surface area contributed by atoms with Crippen LogP contribution in [0.1, 0.15) is 31.2 Å². The molecule has 3 aliphatic rings. The summed E-state index contributed by atoms with van der Waals surface area (Å²) in [6, 6.07) is 10.6. The van der Waals surface area contributed by atoms with Crippen molar-refractivity contribution in [1.29, 1.82) is 0 Å². The summed E-state index contributed by atoms with van der Waals surface area (Å²) < 4.78 is 11.4. The van der Waals surface area contributed by atoms with Crippen LogP contribution in [0.5, 0.6) is 0 Å². The van der Waals surface area contributed by atoms with E-state index in [1.807, 2.05) is 11.0 Å². The lowest BCUT2D eigenvalue weighted by atomic mass is 9.96. The highest BCUT2D eigenvalue weighted by Crippen LogP contribution is 2.47. The van der Waals surface area contributed by atoms with Crippen LogP contribution in [0.4, 0.5) is 4.79 Å². The van der Waals surface area contributed by atoms with E-state index in [1.54, 1.807) is 0 Å². The highest BCUT2D eigenvalue weighted by Gasteiger charge is 2.45. The molecule has 1 spiro atoms. The molecule has 2 aliphatic heterocycles. The second-order valence-corrected chi connectivity index (χ2v) is 6.90. The molecule has 0 radical (unpaired) electrons. The summed E-state index contributed by atoms with van der Waals surface area (Å²) in [5, 5.41) is 3.14. The number of amides is 2. The number of carbonyl (C=O) groups excluding carboxylic acids is 1. The summed E-state index contributed by atoms with van der Waals surface area (Å²) in [6.07, 6.45) is 3.85. The van der Waals surface area contributed by atoms with Crippen LogP contribution in [-0.2, 0) is 14.9 Å². The van der Waals surface area contributed by atoms with Crippen molar-refractivity contribution >= 4 is 6.03 Å². The smallest absolute Gasteiger partial charge is 0.317 e. The van der Waals surface area contributed by atoms with Crippen molar-refractivity contribution in [2.45, 2.75) is 36.9 Å². The Balaban J connectivity index is 1.30. The number of ether oxygens (including phenoxy) is 2. The molecule has 4 rings (SSSR count). The Labute approximate surface area is 136 Å². The molecule has 0 bridgehead atoms. The number of nitrogens with zero attached hydrogens (tertiary/aromatic N) is 1. The number of carbonyl (C=O) groups is 1. The number of urea groups is 1. The molecule has 1 saturated carbocycles. The fraction of sp³-hybridized carbons (Fsp3) is 0.611. The van der Waals surface area contributed by atoms with Crippen LogP contribution in [0.3, 0.4) is 0 Å². The molecule has 0 unspecified atom stereocenters. The van der Waals surface area contributed by atoms with Crippen molar-refractivity contribution in [2.75, 3.05) is 32.8 Å². The minimum absolute atomic E-state index is 0.0417. The molecule has 1 aliphatic carbocycles. The van der Waals surface area contributed by atoms with Gasteiger partial charge in [-0.1, -0.05) is 30.3 Å². The van der Waals surface area contributed by atoms with Crippen LogP contribution in [0.2, 0.25) is 0 Å². The van der Waals surface area contributed by atoms with Crippen LogP contribution in [0.25, 0.3) is 0 Å². The van der Waals surface area contributed by atoms with E-state index in [0.717, 1.165) is 32.2 Å². The van der Waals surface area contributed by atoms with Gasteiger partial charge in [0.1, 0.15) is 0 Å². The van der Waals surface area contributed by atoms with Crippen LogP contribution in [0.15, 0.2) is 30.3 Å². The molecule has 2 heterocycles. The highest BCUT2D eigenvalue weighted by molar-refractivity contribution is 5.74. The summed E-state index contributed by atoms with van der Waals surface area (Å²) in [6.45, 7) is 3.47. The standard InChI is InChI=1S/C18H24N2O3/c21-16(20-10-8-18(9-11-20)22-12-13-23-18)19-14-17(6-7-17)15-4-2-1-3-5-15/h1-5H,6-14H2,(H,19,21). The molecule has 0 atom stereocenters. The van der Waals surface area contributed by atoms with Crippen LogP contribution < -0.4 is 5.32 Å². The SMILES string of the molecule is O=C(NCC1(c2ccccc2)CC1)N1CCC2(CC1)OCCO2. The first-order valence-corrected chi connectivity index (χ1v) is 8.58. The van der Waals surface area contributed by atoms with E-state index >= 15 is 0 Å². The van der Waals surface area contributed by atoms with Gasteiger partial charge < -0.3 is 19.7 Å². The first-order valence-electron chi connectivity index (χ1n) is 8.58. The van der Waals surface area contributed by atoms with Crippen molar-refractivity contribution < 1.29 is 14.3 Å². The molecular weight excluding hydrogens is 292 g/mol. The minimum Gasteiger partial charge on any atom is -0.347 e. The molecule has 124 valence electrons. The zero-order valence-electron chi connectivity index (χ0n) is 13.4. The molecule has 1 N–H and O–H groups in total. The fourth-order valence-corrected chi connectivity index (χ4v) is 3.70. The van der Waals surface area contributed by atoms with Crippen molar-refractivity contribution in [3.05, 3.63) is 35.9 Å². The molecule has 2 amide bonds. The summed E-state index contributed by atoms with van der Waals surface area (Å²) >= 11 is 0. The van der Waals surface area contributed by atoms with Gasteiger partial charge in [-0.25, -0.2) is 4.79 Å². The summed E-state index contributed by atoms with van der Waals surface area (Å²) in [7, 11) is 0. The average molecular weight is 316 g/mol. The van der Waals surface area contributed by atoms with E-state index in [9.17, 15) is 4.79 Å². The van der Waals surface area contributed by atoms with Gasteiger partial charge >= 0.3 is 6.03 Å². The van der Waals surface area contributed by atoms with Gasteiger partial charge in [-0.15, -0.1) is 0 Å². The lowest BCUT2D eigenvalue weighted by Gasteiger charge is -2.37. The molecule has 5 heteroatoms. The van der Waals surface area contributed by atoms with Crippen LogP contribution in [0, 0.1) is 0 Å². The van der Waals surface area contributed by atoms with E-state index in [4.69, 9.17) is 9.47 Å². The molecular formula is C18H24N2O3. The molecule has 5 nitrogen and oxygen atoms in total. The third-order valence-corrected chi connectivity index (χ3v) is 5.44. The van der Waals surface area contributed by atoms with Crippen molar-refractivity contribution in [3.63, 3.8) is 0 Å². The number of likely N-dealkylation sites (tertiary alicyclic amines) is 1. The van der Waals surface area contributed by atoms with E-state index < -0.39 is 5.79 Å². The molecule has 1 aromatic carbocycles. The number of rotatable bonds is 3. The normalized spacial score (nSPS) is 24.6. The zero-order chi connectivity index (χ0) is 15.8. The maximum Gasteiger partial charge on any atom is 0.317 e. The Kier molecular flexibility index (Phi) is 3.77. The average Bonchev–Trinajstić information content (AvgIpc) is 3.28. The zero-order valence-corrected chi connectivity index (χ0v) is 13.4. The highest BCUT2D eigenvalue weighted by atomic mass is 16.7. The Morgan fingerprint density at radius 1 is 1.04 bits per heavy atom. The van der Waals surface area contributed by atoms with Crippen molar-refractivity contribution in [1.82, 2.24) is 10.2 Å². The van der Waals surface area contributed by atoms with Gasteiger partial charge in [0.15, 0.2) is 5.79 Å². The van der Waals surface area contributed by atoms with Gasteiger partial charge in [-0.05, 0) is 18.4 Å². The number of hydrogen-bond acceptors (Lipinski definition) is 3. The number of benzene rings is 1. The van der Waals surface area contributed by atoms with Crippen molar-refractivity contribution in [3.8, 4) is 0 Å². The number of hydrogen-bond donors (Lipinski definition) is 1. The third-order valence-electron chi connectivity index (χ3n) is 5.44. The lowest BCUT2D eigenvalue weighted by Crippen LogP contribution is -2.51. The van der Waals surface area contributed by atoms with E-state index in [-0.39, 0.29) is 11.4 Å².